The summed E-state index contributed by atoms with van der Waals surface area (Å²) in [7, 11) is 0. The first-order chi connectivity index (χ1) is 35.6. The molecule has 2 saturated heterocycles. The first kappa shape index (κ1) is 60.8. The standard InChI is InChI=1S/C57H88N2O16/c1-32-17-15-13-11-9-7-5-6-8-10-12-14-16-18-43(74-56-54(69)50(58)53(68)35(4)73-56)29-47-49(55(70)59-51-38-22-36-21-37(24-38)25-39(51)23-36)46(65)31-57(71,75-47)30-45(64)44(63)20-19-40(60)26-41(61)27-42(62)28-48(66)72-34(3)33(2)52(32)67/h5-18,32-47,49-54,56,60-65,67-69,71H,19-31,58H2,1-4H3,(H,59,70)/b6-5+,9-7+,10-8+,13-11+,14-12+,17-15+,18-16+/t32-,33-,34-,35-,36?,37?,38?,39?,40+,41+,42+,43-,44+,45+,46-,47-,49+,50+,51?,52+,53-,54+,56+,57+/m0/s1. The van der Waals surface area contributed by atoms with Crippen molar-refractivity contribution in [3.8, 4) is 0 Å². The van der Waals surface area contributed by atoms with E-state index in [4.69, 9.17) is 24.7 Å². The van der Waals surface area contributed by atoms with Gasteiger partial charge in [0.1, 0.15) is 12.2 Å². The van der Waals surface area contributed by atoms with Gasteiger partial charge in [-0.25, -0.2) is 0 Å². The van der Waals surface area contributed by atoms with Gasteiger partial charge < -0.3 is 81.1 Å². The molecule has 4 saturated carbocycles. The molecule has 0 aromatic rings. The Morgan fingerprint density at radius 2 is 1.17 bits per heavy atom. The van der Waals surface area contributed by atoms with Gasteiger partial charge in [0.25, 0.3) is 0 Å². The minimum Gasteiger partial charge on any atom is -0.462 e. The van der Waals surface area contributed by atoms with Crippen molar-refractivity contribution in [2.75, 3.05) is 0 Å². The van der Waals surface area contributed by atoms with Crippen molar-refractivity contribution in [2.24, 2.45) is 47.2 Å². The Morgan fingerprint density at radius 3 is 1.77 bits per heavy atom. The Hall–Kier alpha value is -3.44. The highest BCUT2D eigenvalue weighted by atomic mass is 16.7. The molecule has 6 bridgehead atoms. The fourth-order valence-corrected chi connectivity index (χ4v) is 12.4. The van der Waals surface area contributed by atoms with Crippen LogP contribution >= 0.6 is 0 Å². The summed E-state index contributed by atoms with van der Waals surface area (Å²) in [6.07, 6.45) is 10.9. The molecule has 0 aromatic heterocycles. The van der Waals surface area contributed by atoms with Crippen LogP contribution in [-0.4, -0.2) is 166 Å². The second-order valence-corrected chi connectivity index (χ2v) is 22.7. The number of carbonyl (C=O) groups is 2. The van der Waals surface area contributed by atoms with Crippen LogP contribution < -0.4 is 11.1 Å². The highest BCUT2D eigenvalue weighted by molar-refractivity contribution is 5.80. The number of nitrogens with two attached hydrogens (primary N) is 1. The molecule has 422 valence electrons. The van der Waals surface area contributed by atoms with Crippen molar-refractivity contribution in [1.29, 1.82) is 0 Å². The minimum atomic E-state index is -2.28. The number of allylic oxidation sites excluding steroid dienone is 12. The van der Waals surface area contributed by atoms with Gasteiger partial charge >= 0.3 is 5.97 Å². The Labute approximate surface area is 442 Å². The lowest BCUT2D eigenvalue weighted by Gasteiger charge is -2.55. The number of rotatable bonds is 4. The van der Waals surface area contributed by atoms with Crippen LogP contribution in [0.2, 0.25) is 0 Å². The molecule has 1 amide bonds. The van der Waals surface area contributed by atoms with Crippen LogP contribution in [0.3, 0.4) is 0 Å². The molecule has 7 rings (SSSR count). The molecule has 0 unspecified atom stereocenters. The lowest BCUT2D eigenvalue weighted by molar-refractivity contribution is -0.308. The van der Waals surface area contributed by atoms with Crippen molar-refractivity contribution in [3.05, 3.63) is 85.1 Å². The third kappa shape index (κ3) is 17.5. The normalized spacial score (nSPS) is 48.3. The van der Waals surface area contributed by atoms with E-state index >= 15 is 0 Å². The number of nitrogens with one attached hydrogen (secondary N) is 1. The Bertz CT molecular complexity index is 2000. The van der Waals surface area contributed by atoms with Crippen LogP contribution in [0.1, 0.15) is 111 Å². The predicted molar refractivity (Wildman–Crippen MR) is 278 cm³/mol. The van der Waals surface area contributed by atoms with Gasteiger partial charge in [0.2, 0.25) is 5.91 Å². The Kier molecular flexibility index (Phi) is 23.1. The van der Waals surface area contributed by atoms with E-state index in [1.807, 2.05) is 61.6 Å². The number of cyclic esters (lactones) is 1. The molecule has 6 fully saturated rings. The average Bonchev–Trinajstić information content (AvgIpc) is 3.34. The number of hydrogen-bond acceptors (Lipinski definition) is 17. The molecule has 3 heterocycles. The molecule has 18 nitrogen and oxygen atoms in total. The van der Waals surface area contributed by atoms with Crippen molar-refractivity contribution < 1.29 is 79.6 Å². The van der Waals surface area contributed by atoms with Crippen LogP contribution in [-0.2, 0) is 28.5 Å². The summed E-state index contributed by atoms with van der Waals surface area (Å²) >= 11 is 0. The highest BCUT2D eigenvalue weighted by Crippen LogP contribution is 2.54. The molecule has 0 spiro atoms. The van der Waals surface area contributed by atoms with Gasteiger partial charge in [-0.1, -0.05) is 98.9 Å². The number of aliphatic hydroxyl groups is 10. The summed E-state index contributed by atoms with van der Waals surface area (Å²) in [6, 6.07) is -1.20. The molecule has 3 aliphatic heterocycles. The molecule has 4 aliphatic carbocycles. The monoisotopic (exact) mass is 1060 g/mol. The topological polar surface area (TPSA) is 311 Å². The molecule has 75 heavy (non-hydrogen) atoms. The SMILES string of the molecule is C[C@@H]1[C@H](O)[C@@H](C)/C=C/C=C/C=C/C=C/C=C/C=C/C=C/[C@H](O[C@H]2O[C@@H](C)[C@H](O)[C@@H](N)[C@H]2O)C[C@@H]2O[C@](O)(C[C@@H](O)[C@H](O)CC[C@@H](O)C[C@@H](O)C[C@@H](O)CC(=O)O[C@H]1C)C[C@H](O)[C@H]2C(=O)NC1C2CC3CC(C2)CC1C3. The lowest BCUT2D eigenvalue weighted by Crippen LogP contribution is -2.62. The quantitative estimate of drug-likeness (QED) is 0.180. The van der Waals surface area contributed by atoms with E-state index in [0.29, 0.717) is 23.7 Å². The van der Waals surface area contributed by atoms with Crippen molar-refractivity contribution in [2.45, 2.75) is 215 Å². The van der Waals surface area contributed by atoms with Crippen LogP contribution in [0.25, 0.3) is 0 Å². The summed E-state index contributed by atoms with van der Waals surface area (Å²) in [6.45, 7) is 6.85. The maximum atomic E-state index is 14.6. The van der Waals surface area contributed by atoms with Crippen LogP contribution in [0, 0.1) is 41.4 Å². The maximum Gasteiger partial charge on any atom is 0.308 e. The van der Waals surface area contributed by atoms with Gasteiger partial charge in [0, 0.05) is 37.1 Å². The van der Waals surface area contributed by atoms with Gasteiger partial charge in [-0.2, -0.15) is 0 Å². The average molecular weight is 1060 g/mol. The smallest absolute Gasteiger partial charge is 0.308 e. The zero-order valence-electron chi connectivity index (χ0n) is 44.1. The van der Waals surface area contributed by atoms with E-state index in [2.05, 4.69) is 5.32 Å². The first-order valence-corrected chi connectivity index (χ1v) is 27.4. The Morgan fingerprint density at radius 1 is 0.627 bits per heavy atom. The molecular weight excluding hydrogens is 969 g/mol. The van der Waals surface area contributed by atoms with E-state index in [0.717, 1.165) is 25.7 Å². The van der Waals surface area contributed by atoms with E-state index in [1.54, 1.807) is 51.2 Å². The van der Waals surface area contributed by atoms with Gasteiger partial charge in [0.05, 0.1) is 85.5 Å². The highest BCUT2D eigenvalue weighted by Gasteiger charge is 2.54. The molecular formula is C57H88N2O16. The van der Waals surface area contributed by atoms with Gasteiger partial charge in [0.15, 0.2) is 12.1 Å². The number of fused-ring (bicyclic) bond motifs is 2. The van der Waals surface area contributed by atoms with E-state index in [1.165, 1.54) is 6.42 Å². The number of carbonyl (C=O) groups excluding carboxylic acids is 2. The van der Waals surface area contributed by atoms with Crippen LogP contribution in [0.4, 0.5) is 0 Å². The van der Waals surface area contributed by atoms with E-state index in [9.17, 15) is 60.7 Å². The third-order valence-electron chi connectivity index (χ3n) is 16.6. The molecule has 19 atom stereocenters. The van der Waals surface area contributed by atoms with Crippen LogP contribution in [0.15, 0.2) is 85.1 Å². The second-order valence-electron chi connectivity index (χ2n) is 22.7. The van der Waals surface area contributed by atoms with Crippen LogP contribution in [0.5, 0.6) is 0 Å². The lowest BCUT2D eigenvalue weighted by atomic mass is 9.54. The second kappa shape index (κ2) is 28.4. The number of aliphatic hydroxyl groups excluding tert-OH is 9. The largest absolute Gasteiger partial charge is 0.462 e. The summed E-state index contributed by atoms with van der Waals surface area (Å²) < 4.78 is 24.1. The minimum absolute atomic E-state index is 0.0845. The van der Waals surface area contributed by atoms with E-state index in [-0.39, 0.29) is 44.1 Å². The number of esters is 1. The van der Waals surface area contributed by atoms with Crippen molar-refractivity contribution in [3.63, 3.8) is 0 Å². The number of hydrogen-bond donors (Lipinski definition) is 12. The summed E-state index contributed by atoms with van der Waals surface area (Å²) in [4.78, 5) is 27.3. The predicted octanol–water partition coefficient (Wildman–Crippen LogP) is 2.57. The maximum absolute atomic E-state index is 14.6. The molecule has 18 heteroatoms. The van der Waals surface area contributed by atoms with Gasteiger partial charge in [-0.15, -0.1) is 0 Å². The third-order valence-corrected chi connectivity index (χ3v) is 16.6. The van der Waals surface area contributed by atoms with Gasteiger partial charge in [-0.05, 0) is 95.3 Å². The first-order valence-electron chi connectivity index (χ1n) is 27.4. The van der Waals surface area contributed by atoms with Crippen molar-refractivity contribution >= 4 is 11.9 Å². The fourth-order valence-electron chi connectivity index (χ4n) is 12.4. The molecule has 7 aliphatic rings. The summed E-state index contributed by atoms with van der Waals surface area (Å²) in [5.74, 6) is -3.49. The van der Waals surface area contributed by atoms with E-state index < -0.39 is 140 Å². The zero-order valence-corrected chi connectivity index (χ0v) is 44.1. The Balaban J connectivity index is 1.23. The summed E-state index contributed by atoms with van der Waals surface area (Å²) in [5, 5.41) is 115. The van der Waals surface area contributed by atoms with Gasteiger partial charge in [-0.3, -0.25) is 9.59 Å². The molecule has 0 radical (unpaired) electrons. The molecule has 13 N–H and O–H groups in total. The number of amides is 1. The molecule has 0 aromatic carbocycles. The fraction of sp³-hybridized carbons (Fsp3) is 0.719. The van der Waals surface area contributed by atoms with Crippen molar-refractivity contribution in [1.82, 2.24) is 5.32 Å². The number of ether oxygens (including phenoxy) is 4. The summed E-state index contributed by atoms with van der Waals surface area (Å²) in [5.41, 5.74) is 6.18. The zero-order chi connectivity index (χ0) is 54.6.